The smallest absolute Gasteiger partial charge is 0.178 e. The highest BCUT2D eigenvalue weighted by molar-refractivity contribution is 9.10. The van der Waals surface area contributed by atoms with Crippen molar-refractivity contribution in [1.29, 1.82) is 0 Å². The van der Waals surface area contributed by atoms with E-state index in [1.165, 1.54) is 21.4 Å². The third-order valence-corrected chi connectivity index (χ3v) is 5.41. The standard InChI is InChI=1S/C14H12BrFN2S2/c1-7-3-9(20-8(7)2)6-18-13-5-11(16)10(15)4-12(13)17-14(18)19/h3-5H,6H2,1-2H3,(H,17,19). The van der Waals surface area contributed by atoms with Crippen molar-refractivity contribution in [2.24, 2.45) is 0 Å². The third kappa shape index (κ3) is 2.36. The summed E-state index contributed by atoms with van der Waals surface area (Å²) in [5.74, 6) is -0.279. The number of H-pyrrole nitrogens is 1. The SMILES string of the molecule is Cc1cc(Cn2c(=S)[nH]c3cc(Br)c(F)cc32)sc1C. The molecule has 0 amide bonds. The summed E-state index contributed by atoms with van der Waals surface area (Å²) >= 11 is 10.3. The van der Waals surface area contributed by atoms with Gasteiger partial charge in [0.2, 0.25) is 0 Å². The highest BCUT2D eigenvalue weighted by Gasteiger charge is 2.10. The fourth-order valence-electron chi connectivity index (χ4n) is 2.19. The van der Waals surface area contributed by atoms with Crippen molar-refractivity contribution in [1.82, 2.24) is 9.55 Å². The first kappa shape index (κ1) is 14.0. The van der Waals surface area contributed by atoms with Gasteiger partial charge in [-0.1, -0.05) is 0 Å². The lowest BCUT2D eigenvalue weighted by atomic mass is 10.3. The molecular weight excluding hydrogens is 359 g/mol. The molecule has 3 rings (SSSR count). The third-order valence-electron chi connectivity index (χ3n) is 3.35. The molecule has 2 nitrogen and oxygen atoms in total. The molecule has 0 bridgehead atoms. The molecule has 0 unspecified atom stereocenters. The summed E-state index contributed by atoms with van der Waals surface area (Å²) < 4.78 is 16.7. The summed E-state index contributed by atoms with van der Waals surface area (Å²) in [5.41, 5.74) is 2.91. The molecule has 20 heavy (non-hydrogen) atoms. The van der Waals surface area contributed by atoms with Crippen molar-refractivity contribution < 1.29 is 4.39 Å². The average Bonchev–Trinajstić information content (AvgIpc) is 2.83. The minimum atomic E-state index is -0.279. The first-order valence-corrected chi connectivity index (χ1v) is 8.11. The molecule has 1 aromatic carbocycles. The van der Waals surface area contributed by atoms with Gasteiger partial charge in [-0.25, -0.2) is 4.39 Å². The van der Waals surface area contributed by atoms with E-state index >= 15 is 0 Å². The number of benzene rings is 1. The van der Waals surface area contributed by atoms with Crippen molar-refractivity contribution in [2.45, 2.75) is 20.4 Å². The Morgan fingerprint density at radius 2 is 2.10 bits per heavy atom. The van der Waals surface area contributed by atoms with Crippen LogP contribution in [0.3, 0.4) is 0 Å². The van der Waals surface area contributed by atoms with E-state index in [0.29, 0.717) is 15.8 Å². The molecule has 0 atom stereocenters. The Balaban J connectivity index is 2.13. The minimum absolute atomic E-state index is 0.279. The highest BCUT2D eigenvalue weighted by Crippen LogP contribution is 2.26. The maximum absolute atomic E-state index is 13.7. The lowest BCUT2D eigenvalue weighted by Gasteiger charge is -2.03. The maximum Gasteiger partial charge on any atom is 0.178 e. The van der Waals surface area contributed by atoms with Crippen LogP contribution in [0, 0.1) is 24.4 Å². The molecule has 0 saturated heterocycles. The number of fused-ring (bicyclic) bond motifs is 1. The predicted molar refractivity (Wildman–Crippen MR) is 87.7 cm³/mol. The van der Waals surface area contributed by atoms with Crippen LogP contribution in [0.5, 0.6) is 0 Å². The fourth-order valence-corrected chi connectivity index (χ4v) is 3.85. The van der Waals surface area contributed by atoms with Crippen molar-refractivity contribution >= 4 is 50.5 Å². The Kier molecular flexibility index (Phi) is 3.56. The van der Waals surface area contributed by atoms with Gasteiger partial charge in [-0.2, -0.15) is 0 Å². The highest BCUT2D eigenvalue weighted by atomic mass is 79.9. The van der Waals surface area contributed by atoms with E-state index in [2.05, 4.69) is 40.8 Å². The summed E-state index contributed by atoms with van der Waals surface area (Å²) in [6, 6.07) is 5.40. The second-order valence-electron chi connectivity index (χ2n) is 4.75. The van der Waals surface area contributed by atoms with Crippen LogP contribution in [0.1, 0.15) is 15.3 Å². The summed E-state index contributed by atoms with van der Waals surface area (Å²) in [7, 11) is 0. The number of rotatable bonds is 2. The number of thiophene rings is 1. The van der Waals surface area contributed by atoms with Gasteiger partial charge < -0.3 is 9.55 Å². The van der Waals surface area contributed by atoms with Gasteiger partial charge in [0.25, 0.3) is 0 Å². The Labute approximate surface area is 133 Å². The van der Waals surface area contributed by atoms with Gasteiger partial charge in [0.15, 0.2) is 4.77 Å². The van der Waals surface area contributed by atoms with Gasteiger partial charge in [0.05, 0.1) is 22.1 Å². The molecule has 0 aliphatic heterocycles. The van der Waals surface area contributed by atoms with E-state index in [0.717, 1.165) is 11.0 Å². The number of aromatic amines is 1. The van der Waals surface area contributed by atoms with Gasteiger partial charge >= 0.3 is 0 Å². The number of halogens is 2. The Morgan fingerprint density at radius 1 is 1.35 bits per heavy atom. The molecule has 3 aromatic rings. The van der Waals surface area contributed by atoms with Crippen molar-refractivity contribution in [3.05, 3.63) is 48.6 Å². The van der Waals surface area contributed by atoms with E-state index in [1.807, 2.05) is 4.57 Å². The predicted octanol–water partition coefficient (Wildman–Crippen LogP) is 5.33. The first-order valence-electron chi connectivity index (χ1n) is 6.09. The number of hydrogen-bond donors (Lipinski definition) is 1. The average molecular weight is 371 g/mol. The molecule has 0 fully saturated rings. The van der Waals surface area contributed by atoms with Crippen LogP contribution in [-0.2, 0) is 6.54 Å². The molecule has 0 aliphatic carbocycles. The molecule has 0 radical (unpaired) electrons. The Bertz CT molecular complexity index is 841. The molecular formula is C14H12BrFN2S2. The molecule has 0 spiro atoms. The van der Waals surface area contributed by atoms with Gasteiger partial charge in [-0.05, 0) is 59.7 Å². The normalized spacial score (nSPS) is 11.4. The van der Waals surface area contributed by atoms with Gasteiger partial charge in [-0.15, -0.1) is 11.3 Å². The molecule has 2 heterocycles. The van der Waals surface area contributed by atoms with E-state index in [1.54, 1.807) is 17.4 Å². The molecule has 0 saturated carbocycles. The molecule has 2 aromatic heterocycles. The molecule has 1 N–H and O–H groups in total. The number of hydrogen-bond acceptors (Lipinski definition) is 2. The van der Waals surface area contributed by atoms with Gasteiger partial charge in [0, 0.05) is 15.8 Å². The molecule has 6 heteroatoms. The van der Waals surface area contributed by atoms with Gasteiger partial charge in [0.1, 0.15) is 5.82 Å². The van der Waals surface area contributed by atoms with E-state index < -0.39 is 0 Å². The largest absolute Gasteiger partial charge is 0.331 e. The van der Waals surface area contributed by atoms with Crippen LogP contribution in [0.25, 0.3) is 11.0 Å². The maximum atomic E-state index is 13.7. The lowest BCUT2D eigenvalue weighted by molar-refractivity contribution is 0.622. The van der Waals surface area contributed by atoms with Crippen LogP contribution >= 0.6 is 39.5 Å². The van der Waals surface area contributed by atoms with Crippen molar-refractivity contribution in [3.8, 4) is 0 Å². The Morgan fingerprint density at radius 3 is 2.75 bits per heavy atom. The Hall–Kier alpha value is -0.980. The topological polar surface area (TPSA) is 20.7 Å². The van der Waals surface area contributed by atoms with E-state index in [-0.39, 0.29) is 5.82 Å². The second kappa shape index (κ2) is 5.09. The van der Waals surface area contributed by atoms with Crippen LogP contribution in [0.4, 0.5) is 4.39 Å². The number of nitrogens with one attached hydrogen (secondary N) is 1. The number of nitrogens with zero attached hydrogens (tertiary/aromatic N) is 1. The van der Waals surface area contributed by atoms with E-state index in [9.17, 15) is 4.39 Å². The molecule has 0 aliphatic rings. The summed E-state index contributed by atoms with van der Waals surface area (Å²) in [6.07, 6.45) is 0. The summed E-state index contributed by atoms with van der Waals surface area (Å²) in [6.45, 7) is 4.87. The monoisotopic (exact) mass is 370 g/mol. The quantitative estimate of drug-likeness (QED) is 0.604. The summed E-state index contributed by atoms with van der Waals surface area (Å²) in [5, 5.41) is 0. The number of aromatic nitrogens is 2. The summed E-state index contributed by atoms with van der Waals surface area (Å²) in [4.78, 5) is 5.65. The van der Waals surface area contributed by atoms with Crippen molar-refractivity contribution in [3.63, 3.8) is 0 Å². The zero-order valence-corrected chi connectivity index (χ0v) is 14.2. The zero-order valence-electron chi connectivity index (χ0n) is 11.0. The van der Waals surface area contributed by atoms with Crippen LogP contribution in [0.15, 0.2) is 22.7 Å². The number of imidazole rings is 1. The van der Waals surface area contributed by atoms with Crippen molar-refractivity contribution in [2.75, 3.05) is 0 Å². The van der Waals surface area contributed by atoms with Crippen LogP contribution in [0.2, 0.25) is 0 Å². The van der Waals surface area contributed by atoms with E-state index in [4.69, 9.17) is 12.2 Å². The van der Waals surface area contributed by atoms with Crippen LogP contribution in [-0.4, -0.2) is 9.55 Å². The molecule has 104 valence electrons. The van der Waals surface area contributed by atoms with Gasteiger partial charge in [-0.3, -0.25) is 0 Å². The lowest BCUT2D eigenvalue weighted by Crippen LogP contribution is -1.98. The minimum Gasteiger partial charge on any atom is -0.331 e. The second-order valence-corrected chi connectivity index (χ2v) is 7.33. The van der Waals surface area contributed by atoms with Crippen LogP contribution < -0.4 is 0 Å². The zero-order chi connectivity index (χ0) is 14.4. The number of aryl methyl sites for hydroxylation is 2. The first-order chi connectivity index (χ1) is 9.45. The fraction of sp³-hybridized carbons (Fsp3) is 0.214.